The van der Waals surface area contributed by atoms with Crippen molar-refractivity contribution in [3.63, 3.8) is 0 Å². The van der Waals surface area contributed by atoms with Crippen LogP contribution in [0.4, 0.5) is 10.1 Å². The van der Waals surface area contributed by atoms with Crippen LogP contribution < -0.4 is 38.5 Å². The lowest BCUT2D eigenvalue weighted by Crippen LogP contribution is -2.02. The molecule has 0 aromatic heterocycles. The molecule has 1 N–H and O–H groups in total. The molecule has 0 atom stereocenters. The first-order valence-corrected chi connectivity index (χ1v) is 12.0. The number of carbonyl (C=O) groups excluding carboxylic acids is 1. The number of ketones is 1. The van der Waals surface area contributed by atoms with Crippen LogP contribution in [0.25, 0.3) is 12.2 Å². The van der Waals surface area contributed by atoms with Gasteiger partial charge in [-0.05, 0) is 47.5 Å². The van der Waals surface area contributed by atoms with Gasteiger partial charge in [0.05, 0.1) is 55.5 Å². The van der Waals surface area contributed by atoms with Crippen LogP contribution in [0.2, 0.25) is 0 Å². The molecule has 0 aliphatic rings. The number of allylic oxidation sites excluding steroid dienone is 1. The lowest BCUT2D eigenvalue weighted by Gasteiger charge is -2.13. The molecule has 212 valence electrons. The summed E-state index contributed by atoms with van der Waals surface area (Å²) in [6.45, 7) is 0. The van der Waals surface area contributed by atoms with Crippen molar-refractivity contribution in [2.24, 2.45) is 0 Å². The zero-order chi connectivity index (χ0) is 29.2. The molecule has 0 heterocycles. The SMILES string of the molecule is COc1cc(C=Cc2cc(F)c(OC)c(NC=CC(=O)c3cc(OC)c(OC)c(OC)c3)c2)cc(OC)c1OC. The van der Waals surface area contributed by atoms with E-state index in [4.69, 9.17) is 33.2 Å². The maximum absolute atomic E-state index is 14.9. The van der Waals surface area contributed by atoms with E-state index >= 15 is 0 Å². The van der Waals surface area contributed by atoms with Crippen LogP contribution in [-0.4, -0.2) is 55.6 Å². The Bertz CT molecular complexity index is 1370. The van der Waals surface area contributed by atoms with Crippen molar-refractivity contribution in [3.05, 3.63) is 71.2 Å². The van der Waals surface area contributed by atoms with Crippen molar-refractivity contribution < 1.29 is 42.3 Å². The van der Waals surface area contributed by atoms with Crippen molar-refractivity contribution in [1.29, 1.82) is 0 Å². The van der Waals surface area contributed by atoms with E-state index in [-0.39, 0.29) is 11.5 Å². The molecule has 0 unspecified atom stereocenters. The Kier molecular flexibility index (Phi) is 10.2. The normalized spacial score (nSPS) is 10.9. The second-order valence-corrected chi connectivity index (χ2v) is 8.13. The molecule has 0 radical (unpaired) electrons. The van der Waals surface area contributed by atoms with Crippen molar-refractivity contribution in [1.82, 2.24) is 0 Å². The standard InChI is InChI=1S/C30H32FNO8/c1-34-24-14-19(15-25(35-2)29(24)39-6)9-8-18-12-21(31)28(38-5)22(13-18)32-11-10-23(33)20-16-26(36-3)30(40-7)27(17-20)37-4/h8-17,32H,1-7H3. The average Bonchev–Trinajstić information content (AvgIpc) is 2.98. The van der Waals surface area contributed by atoms with Gasteiger partial charge in [-0.3, -0.25) is 4.79 Å². The Morgan fingerprint density at radius 1 is 0.625 bits per heavy atom. The van der Waals surface area contributed by atoms with Crippen molar-refractivity contribution in [3.8, 4) is 40.2 Å². The fourth-order valence-corrected chi connectivity index (χ4v) is 3.94. The highest BCUT2D eigenvalue weighted by atomic mass is 19.1. The highest BCUT2D eigenvalue weighted by Gasteiger charge is 2.16. The second kappa shape index (κ2) is 13.8. The number of benzene rings is 3. The highest BCUT2D eigenvalue weighted by Crippen LogP contribution is 2.40. The van der Waals surface area contributed by atoms with E-state index < -0.39 is 5.82 Å². The van der Waals surface area contributed by atoms with E-state index in [1.54, 1.807) is 42.5 Å². The van der Waals surface area contributed by atoms with Crippen molar-refractivity contribution in [2.45, 2.75) is 0 Å². The summed E-state index contributed by atoms with van der Waals surface area (Å²) in [5, 5.41) is 2.93. The first-order valence-electron chi connectivity index (χ1n) is 12.0. The van der Waals surface area contributed by atoms with Gasteiger partial charge in [0, 0.05) is 17.8 Å². The maximum atomic E-state index is 14.9. The Morgan fingerprint density at radius 2 is 1.07 bits per heavy atom. The lowest BCUT2D eigenvalue weighted by molar-refractivity contribution is 0.104. The summed E-state index contributed by atoms with van der Waals surface area (Å²) < 4.78 is 52.2. The fourth-order valence-electron chi connectivity index (χ4n) is 3.94. The molecule has 3 aromatic carbocycles. The number of carbonyl (C=O) groups is 1. The second-order valence-electron chi connectivity index (χ2n) is 8.13. The van der Waals surface area contributed by atoms with Gasteiger partial charge in [0.2, 0.25) is 11.5 Å². The molecule has 3 aromatic rings. The summed E-state index contributed by atoms with van der Waals surface area (Å²) >= 11 is 0. The molecule has 3 rings (SSSR count). The summed E-state index contributed by atoms with van der Waals surface area (Å²) in [6.07, 6.45) is 6.20. The van der Waals surface area contributed by atoms with E-state index in [1.165, 1.54) is 68.1 Å². The summed E-state index contributed by atoms with van der Waals surface area (Å²) in [5.41, 5.74) is 1.92. The number of hydrogen-bond acceptors (Lipinski definition) is 9. The average molecular weight is 554 g/mol. The molecular weight excluding hydrogens is 521 g/mol. The molecule has 10 heteroatoms. The number of anilines is 1. The minimum absolute atomic E-state index is 0.00480. The Labute approximate surface area is 232 Å². The van der Waals surface area contributed by atoms with Gasteiger partial charge >= 0.3 is 0 Å². The summed E-state index contributed by atoms with van der Waals surface area (Å²) in [5.74, 6) is 1.60. The van der Waals surface area contributed by atoms with Crippen LogP contribution in [0.5, 0.6) is 40.2 Å². The molecular formula is C30H32FNO8. The predicted octanol–water partition coefficient (Wildman–Crippen LogP) is 5.86. The molecule has 0 saturated heterocycles. The largest absolute Gasteiger partial charge is 0.493 e. The zero-order valence-corrected chi connectivity index (χ0v) is 23.4. The maximum Gasteiger partial charge on any atom is 0.203 e. The number of ether oxygens (including phenoxy) is 7. The quantitative estimate of drug-likeness (QED) is 0.159. The number of methoxy groups -OCH3 is 7. The molecule has 0 amide bonds. The van der Waals surface area contributed by atoms with Gasteiger partial charge in [-0.15, -0.1) is 0 Å². The van der Waals surface area contributed by atoms with E-state index in [0.717, 1.165) is 5.56 Å². The van der Waals surface area contributed by atoms with Crippen molar-refractivity contribution in [2.75, 3.05) is 55.1 Å². The highest BCUT2D eigenvalue weighted by molar-refractivity contribution is 6.05. The first kappa shape index (κ1) is 29.7. The van der Waals surface area contributed by atoms with Gasteiger partial charge in [0.25, 0.3) is 0 Å². The molecule has 0 bridgehead atoms. The van der Waals surface area contributed by atoms with E-state index in [0.29, 0.717) is 51.3 Å². The molecule has 9 nitrogen and oxygen atoms in total. The Morgan fingerprint density at radius 3 is 1.52 bits per heavy atom. The molecule has 0 spiro atoms. The third-order valence-corrected chi connectivity index (χ3v) is 5.85. The summed E-state index contributed by atoms with van der Waals surface area (Å²) in [4.78, 5) is 12.8. The third-order valence-electron chi connectivity index (χ3n) is 5.85. The van der Waals surface area contributed by atoms with E-state index in [1.807, 2.05) is 0 Å². The number of hydrogen-bond donors (Lipinski definition) is 1. The van der Waals surface area contributed by atoms with Gasteiger partial charge in [-0.2, -0.15) is 0 Å². The lowest BCUT2D eigenvalue weighted by atomic mass is 10.1. The Balaban J connectivity index is 1.87. The molecule has 0 fully saturated rings. The zero-order valence-electron chi connectivity index (χ0n) is 23.4. The summed E-state index contributed by atoms with van der Waals surface area (Å²) in [7, 11) is 10.4. The number of rotatable bonds is 13. The van der Waals surface area contributed by atoms with E-state index in [2.05, 4.69) is 5.32 Å². The van der Waals surface area contributed by atoms with Crippen LogP contribution in [-0.2, 0) is 0 Å². The minimum Gasteiger partial charge on any atom is -0.493 e. The van der Waals surface area contributed by atoms with Gasteiger partial charge in [-0.1, -0.05) is 12.2 Å². The van der Waals surface area contributed by atoms with E-state index in [9.17, 15) is 9.18 Å². The minimum atomic E-state index is -0.582. The number of nitrogens with one attached hydrogen (secondary N) is 1. The van der Waals surface area contributed by atoms with Gasteiger partial charge in [0.1, 0.15) is 0 Å². The van der Waals surface area contributed by atoms with Crippen LogP contribution in [0, 0.1) is 5.82 Å². The molecule has 0 aliphatic carbocycles. The molecule has 0 aliphatic heterocycles. The van der Waals surface area contributed by atoms with Crippen LogP contribution in [0.15, 0.2) is 48.7 Å². The smallest absolute Gasteiger partial charge is 0.203 e. The molecule has 0 saturated carbocycles. The Hall–Kier alpha value is -4.86. The fraction of sp³-hybridized carbons (Fsp3) is 0.233. The summed E-state index contributed by atoms with van der Waals surface area (Å²) in [6, 6.07) is 9.66. The van der Waals surface area contributed by atoms with Crippen LogP contribution in [0.1, 0.15) is 21.5 Å². The molecule has 40 heavy (non-hydrogen) atoms. The van der Waals surface area contributed by atoms with Gasteiger partial charge in [0.15, 0.2) is 40.3 Å². The van der Waals surface area contributed by atoms with Gasteiger partial charge < -0.3 is 38.5 Å². The first-order chi connectivity index (χ1) is 19.3. The third kappa shape index (κ3) is 6.58. The monoisotopic (exact) mass is 553 g/mol. The predicted molar refractivity (Wildman–Crippen MR) is 151 cm³/mol. The van der Waals surface area contributed by atoms with Crippen molar-refractivity contribution >= 4 is 23.6 Å². The number of halogens is 1. The van der Waals surface area contributed by atoms with Gasteiger partial charge in [-0.25, -0.2) is 4.39 Å². The van der Waals surface area contributed by atoms with Crippen LogP contribution >= 0.6 is 0 Å². The topological polar surface area (TPSA) is 93.7 Å². The van der Waals surface area contributed by atoms with Crippen LogP contribution in [0.3, 0.4) is 0 Å².